The fourth-order valence-corrected chi connectivity index (χ4v) is 4.17. The molecule has 170 valence electrons. The molecule has 0 unspecified atom stereocenters. The van der Waals surface area contributed by atoms with Crippen LogP contribution in [-0.4, -0.2) is 39.4 Å². The van der Waals surface area contributed by atoms with E-state index in [-0.39, 0.29) is 19.1 Å². The summed E-state index contributed by atoms with van der Waals surface area (Å²) < 4.78 is 14.4. The summed E-state index contributed by atoms with van der Waals surface area (Å²) in [6.45, 7) is 7.35. The summed E-state index contributed by atoms with van der Waals surface area (Å²) in [6, 6.07) is 14.6. The molecule has 0 N–H and O–H groups in total. The predicted molar refractivity (Wildman–Crippen MR) is 127 cm³/mol. The van der Waals surface area contributed by atoms with Crippen molar-refractivity contribution in [2.24, 2.45) is 0 Å². The zero-order chi connectivity index (χ0) is 23.7. The summed E-state index contributed by atoms with van der Waals surface area (Å²) in [4.78, 5) is 25.4. The van der Waals surface area contributed by atoms with Gasteiger partial charge in [0, 0.05) is 27.5 Å². The van der Waals surface area contributed by atoms with Crippen LogP contribution in [0.15, 0.2) is 48.5 Å². The number of esters is 1. The van der Waals surface area contributed by atoms with Gasteiger partial charge in [-0.3, -0.25) is 4.79 Å². The van der Waals surface area contributed by atoms with Crippen molar-refractivity contribution in [3.63, 3.8) is 0 Å². The lowest BCUT2D eigenvalue weighted by Gasteiger charge is -2.10. The number of hydrogen-bond donors (Lipinski definition) is 0. The minimum atomic E-state index is -0.420. The third-order valence-electron chi connectivity index (χ3n) is 5.33. The van der Waals surface area contributed by atoms with Crippen molar-refractivity contribution in [1.29, 1.82) is 0 Å². The number of aromatic nitrogens is 3. The molecule has 0 saturated carbocycles. The smallest absolute Gasteiger partial charge is 0.340 e. The van der Waals surface area contributed by atoms with Crippen molar-refractivity contribution in [2.45, 2.75) is 27.7 Å². The molecule has 2 heterocycles. The maximum atomic E-state index is 12.8. The molecule has 0 spiro atoms. The number of rotatable bonds is 6. The van der Waals surface area contributed by atoms with Gasteiger partial charge in [-0.25, -0.2) is 9.48 Å². The van der Waals surface area contributed by atoms with E-state index < -0.39 is 5.97 Å². The van der Waals surface area contributed by atoms with Crippen LogP contribution in [0.25, 0.3) is 16.6 Å². The van der Waals surface area contributed by atoms with E-state index in [9.17, 15) is 9.59 Å². The van der Waals surface area contributed by atoms with Gasteiger partial charge in [-0.1, -0.05) is 17.7 Å². The molecule has 0 saturated heterocycles. The first-order chi connectivity index (χ1) is 15.8. The second-order valence-electron chi connectivity index (χ2n) is 7.70. The van der Waals surface area contributed by atoms with E-state index in [1.165, 1.54) is 4.68 Å². The first kappa shape index (κ1) is 22.6. The van der Waals surface area contributed by atoms with Gasteiger partial charge in [-0.05, 0) is 70.2 Å². The maximum Gasteiger partial charge on any atom is 0.340 e. The monoisotopic (exact) mass is 465 g/mol. The molecule has 0 fully saturated rings. The highest BCUT2D eigenvalue weighted by molar-refractivity contribution is 6.30. The summed E-state index contributed by atoms with van der Waals surface area (Å²) in [6.07, 6.45) is 0. The van der Waals surface area contributed by atoms with E-state index >= 15 is 0 Å². The number of hydrogen-bond acceptors (Lipinski definition) is 5. The molecule has 33 heavy (non-hydrogen) atoms. The number of aryl methyl sites for hydroxylation is 2. The zero-order valence-electron chi connectivity index (χ0n) is 18.9. The molecule has 0 radical (unpaired) electrons. The van der Waals surface area contributed by atoms with Crippen LogP contribution < -0.4 is 4.74 Å². The highest BCUT2D eigenvalue weighted by atomic mass is 35.5. The van der Waals surface area contributed by atoms with Crippen LogP contribution >= 0.6 is 11.6 Å². The Morgan fingerprint density at radius 2 is 1.85 bits per heavy atom. The topological polar surface area (TPSA) is 75.3 Å². The fourth-order valence-electron chi connectivity index (χ4n) is 3.98. The molecule has 8 heteroatoms. The molecular weight excluding hydrogens is 442 g/mol. The molecule has 0 aliphatic rings. The second kappa shape index (κ2) is 9.11. The number of nitrogens with zero attached hydrogens (tertiary/aromatic N) is 3. The average Bonchev–Trinajstić information content (AvgIpc) is 3.26. The molecule has 0 aliphatic heterocycles. The van der Waals surface area contributed by atoms with E-state index in [0.717, 1.165) is 28.3 Å². The largest absolute Gasteiger partial charge is 0.484 e. The summed E-state index contributed by atoms with van der Waals surface area (Å²) in [7, 11) is 0. The minimum Gasteiger partial charge on any atom is -0.484 e. The molecule has 2 aromatic heterocycles. The lowest BCUT2D eigenvalue weighted by molar-refractivity contribution is 0.0527. The van der Waals surface area contributed by atoms with Crippen molar-refractivity contribution < 1.29 is 19.1 Å². The van der Waals surface area contributed by atoms with Gasteiger partial charge in [0.25, 0.3) is 5.91 Å². The Bertz CT molecular complexity index is 1370. The van der Waals surface area contributed by atoms with Gasteiger partial charge in [0.1, 0.15) is 5.75 Å². The Kier molecular flexibility index (Phi) is 6.24. The summed E-state index contributed by atoms with van der Waals surface area (Å²) in [5, 5.41) is 5.46. The Morgan fingerprint density at radius 1 is 1.06 bits per heavy atom. The van der Waals surface area contributed by atoms with Crippen LogP contribution in [0.5, 0.6) is 5.75 Å². The maximum absolute atomic E-state index is 12.8. The highest BCUT2D eigenvalue weighted by Crippen LogP contribution is 2.33. The van der Waals surface area contributed by atoms with E-state index in [1.807, 2.05) is 55.7 Å². The van der Waals surface area contributed by atoms with Crippen molar-refractivity contribution in [1.82, 2.24) is 14.3 Å². The molecule has 7 nitrogen and oxygen atoms in total. The molecule has 4 rings (SSSR count). The number of carbonyl (C=O) groups excluding carboxylic acids is 2. The predicted octanol–water partition coefficient (Wildman–Crippen LogP) is 5.30. The highest BCUT2D eigenvalue weighted by Gasteiger charge is 2.23. The van der Waals surface area contributed by atoms with Crippen LogP contribution in [-0.2, 0) is 4.74 Å². The number of halogens is 1. The Hall–Kier alpha value is -3.58. The lowest BCUT2D eigenvalue weighted by Crippen LogP contribution is -2.21. The SMILES string of the molecule is CCOC(=O)c1c(C)n(-c2cccc(Cl)c2)c2ccc(OCC(=O)n3nc(C)cc3C)cc12. The third kappa shape index (κ3) is 4.36. The van der Waals surface area contributed by atoms with Crippen molar-refractivity contribution >= 4 is 34.4 Å². The summed E-state index contributed by atoms with van der Waals surface area (Å²) >= 11 is 6.21. The Morgan fingerprint density at radius 3 is 2.52 bits per heavy atom. The summed E-state index contributed by atoms with van der Waals surface area (Å²) in [5.41, 5.74) is 4.31. The average molecular weight is 466 g/mol. The van der Waals surface area contributed by atoms with Gasteiger partial charge in [-0.15, -0.1) is 0 Å². The number of fused-ring (bicyclic) bond motifs is 1. The van der Waals surface area contributed by atoms with Crippen LogP contribution in [0.1, 0.15) is 39.2 Å². The first-order valence-corrected chi connectivity index (χ1v) is 10.9. The van der Waals surface area contributed by atoms with Crippen LogP contribution in [0.3, 0.4) is 0 Å². The Balaban J connectivity index is 1.74. The second-order valence-corrected chi connectivity index (χ2v) is 8.13. The molecule has 2 aromatic carbocycles. The Labute approximate surface area is 196 Å². The van der Waals surface area contributed by atoms with Gasteiger partial charge in [0.15, 0.2) is 6.61 Å². The van der Waals surface area contributed by atoms with Crippen molar-refractivity contribution in [2.75, 3.05) is 13.2 Å². The van der Waals surface area contributed by atoms with E-state index in [2.05, 4.69) is 5.10 Å². The quantitative estimate of drug-likeness (QED) is 0.361. The first-order valence-electron chi connectivity index (χ1n) is 10.6. The summed E-state index contributed by atoms with van der Waals surface area (Å²) in [5.74, 6) is -0.234. The fraction of sp³-hybridized carbons (Fsp3) is 0.240. The van der Waals surface area contributed by atoms with Crippen LogP contribution in [0, 0.1) is 20.8 Å². The normalized spacial score (nSPS) is 11.1. The molecule has 4 aromatic rings. The minimum absolute atomic E-state index is 0.184. The van der Waals surface area contributed by atoms with E-state index in [0.29, 0.717) is 21.7 Å². The number of carbonyl (C=O) groups is 2. The molecule has 0 aliphatic carbocycles. The van der Waals surface area contributed by atoms with Gasteiger partial charge in [-0.2, -0.15) is 5.10 Å². The molecule has 0 bridgehead atoms. The van der Waals surface area contributed by atoms with Gasteiger partial charge < -0.3 is 14.0 Å². The van der Waals surface area contributed by atoms with Gasteiger partial charge in [0.05, 0.1) is 23.4 Å². The zero-order valence-corrected chi connectivity index (χ0v) is 19.6. The molecule has 0 amide bonds. The van der Waals surface area contributed by atoms with Crippen molar-refractivity contribution in [3.05, 3.63) is 76.2 Å². The molecule has 0 atom stereocenters. The standard InChI is InChI=1S/C25H24ClN3O4/c1-5-32-25(31)24-17(4)28(19-8-6-7-18(26)12-19)22-10-9-20(13-21(22)24)33-14-23(30)29-16(3)11-15(2)27-29/h6-13H,5,14H2,1-4H3. The lowest BCUT2D eigenvalue weighted by atomic mass is 10.1. The van der Waals surface area contributed by atoms with E-state index in [4.69, 9.17) is 21.1 Å². The third-order valence-corrected chi connectivity index (χ3v) is 5.56. The van der Waals surface area contributed by atoms with E-state index in [1.54, 1.807) is 25.1 Å². The van der Waals surface area contributed by atoms with Crippen LogP contribution in [0.4, 0.5) is 0 Å². The number of benzene rings is 2. The molecular formula is C25H24ClN3O4. The number of ether oxygens (including phenoxy) is 2. The van der Waals surface area contributed by atoms with Crippen molar-refractivity contribution in [3.8, 4) is 11.4 Å². The van der Waals surface area contributed by atoms with Gasteiger partial charge in [0.2, 0.25) is 0 Å². The van der Waals surface area contributed by atoms with Gasteiger partial charge >= 0.3 is 5.97 Å². The van der Waals surface area contributed by atoms with Crippen LogP contribution in [0.2, 0.25) is 5.02 Å².